The maximum absolute atomic E-state index is 13.4. The minimum Gasteiger partial charge on any atom is -0.357 e. The van der Waals surface area contributed by atoms with Crippen LogP contribution in [0.25, 0.3) is 0 Å². The lowest BCUT2D eigenvalue weighted by molar-refractivity contribution is 0.617. The van der Waals surface area contributed by atoms with Crippen molar-refractivity contribution >= 4 is 29.9 Å². The van der Waals surface area contributed by atoms with Gasteiger partial charge < -0.3 is 15.2 Å². The number of nitrogens with one attached hydrogen (secondary N) is 2. The third-order valence-corrected chi connectivity index (χ3v) is 4.72. The predicted molar refractivity (Wildman–Crippen MR) is 134 cm³/mol. The average molecular weight is 534 g/mol. The molecular weight excluding hydrogens is 506 g/mol. The van der Waals surface area contributed by atoms with Gasteiger partial charge in [0.15, 0.2) is 5.96 Å². The molecule has 0 atom stereocenters. The summed E-state index contributed by atoms with van der Waals surface area (Å²) in [6.45, 7) is 6.16. The summed E-state index contributed by atoms with van der Waals surface area (Å²) in [4.78, 5) is 16.4. The van der Waals surface area contributed by atoms with E-state index >= 15 is 0 Å². The van der Waals surface area contributed by atoms with Crippen molar-refractivity contribution < 1.29 is 4.39 Å². The van der Waals surface area contributed by atoms with Crippen molar-refractivity contribution in [1.82, 2.24) is 15.2 Å². The highest BCUT2D eigenvalue weighted by Crippen LogP contribution is 2.10. The first kappa shape index (κ1) is 24.6. The van der Waals surface area contributed by atoms with E-state index in [1.807, 2.05) is 43.3 Å². The summed E-state index contributed by atoms with van der Waals surface area (Å²) in [6.07, 6.45) is 1.79. The molecule has 1 aromatic heterocycles. The number of rotatable bonds is 7. The number of guanidine groups is 1. The molecule has 1 heterocycles. The van der Waals surface area contributed by atoms with Gasteiger partial charge in [-0.05, 0) is 48.2 Å². The van der Waals surface area contributed by atoms with Crippen LogP contribution in [0.15, 0.2) is 76.6 Å². The summed E-state index contributed by atoms with van der Waals surface area (Å²) < 4.78 is 15.1. The van der Waals surface area contributed by atoms with E-state index in [2.05, 4.69) is 15.6 Å². The van der Waals surface area contributed by atoms with Crippen LogP contribution < -0.4 is 16.2 Å². The molecule has 0 fully saturated rings. The molecule has 3 aromatic rings. The Balaban J connectivity index is 0.00000341. The number of hydrogen-bond acceptors (Lipinski definition) is 2. The molecule has 0 saturated heterocycles. The molecule has 0 amide bonds. The zero-order valence-corrected chi connectivity index (χ0v) is 20.1. The van der Waals surface area contributed by atoms with Gasteiger partial charge in [-0.1, -0.05) is 42.5 Å². The number of aryl methyl sites for hydroxylation is 1. The molecule has 0 radical (unpaired) electrons. The number of aliphatic imine (C=N–C) groups is 1. The van der Waals surface area contributed by atoms with E-state index in [-0.39, 0.29) is 35.4 Å². The molecule has 5 nitrogen and oxygen atoms in total. The smallest absolute Gasteiger partial charge is 0.250 e. The Hall–Kier alpha value is -2.68. The topological polar surface area (TPSA) is 58.4 Å². The fourth-order valence-electron chi connectivity index (χ4n) is 3.05. The predicted octanol–water partition coefficient (Wildman–Crippen LogP) is 4.22. The van der Waals surface area contributed by atoms with Crippen molar-refractivity contribution in [3.05, 3.63) is 105 Å². The minimum atomic E-state index is -0.201. The summed E-state index contributed by atoms with van der Waals surface area (Å²) >= 11 is 0. The van der Waals surface area contributed by atoms with Crippen LogP contribution in [0.1, 0.15) is 29.2 Å². The standard InChI is InChI=1S/C24H27FN4O.HI/c1-3-26-24(28-16-21-11-12-22(25)18(2)14-21)27-15-19-7-9-20(10-8-19)17-29-13-5-4-6-23(29)30;/h4-14H,3,15-17H2,1-2H3,(H2,26,27,28);1H. The van der Waals surface area contributed by atoms with Crippen molar-refractivity contribution in [2.75, 3.05) is 6.54 Å². The van der Waals surface area contributed by atoms with Gasteiger partial charge in [0, 0.05) is 25.4 Å². The number of aromatic nitrogens is 1. The molecule has 0 saturated carbocycles. The van der Waals surface area contributed by atoms with Crippen LogP contribution in [0.5, 0.6) is 0 Å². The van der Waals surface area contributed by atoms with Crippen LogP contribution in [-0.4, -0.2) is 17.1 Å². The van der Waals surface area contributed by atoms with Crippen LogP contribution >= 0.6 is 24.0 Å². The van der Waals surface area contributed by atoms with Crippen LogP contribution in [0.2, 0.25) is 0 Å². The number of halogens is 2. The van der Waals surface area contributed by atoms with E-state index in [1.54, 1.807) is 35.9 Å². The normalized spacial score (nSPS) is 11.0. The first-order valence-corrected chi connectivity index (χ1v) is 10.1. The Morgan fingerprint density at radius 1 is 1.00 bits per heavy atom. The van der Waals surface area contributed by atoms with E-state index in [0.717, 1.165) is 23.2 Å². The number of nitrogens with zero attached hydrogens (tertiary/aromatic N) is 2. The SMILES string of the molecule is CCNC(=NCc1ccc(F)c(C)c1)NCc1ccc(Cn2ccccc2=O)cc1.I. The van der Waals surface area contributed by atoms with E-state index < -0.39 is 0 Å². The Morgan fingerprint density at radius 2 is 1.71 bits per heavy atom. The Kier molecular flexibility index (Phi) is 9.71. The molecule has 7 heteroatoms. The lowest BCUT2D eigenvalue weighted by atomic mass is 10.1. The quantitative estimate of drug-likeness (QED) is 0.271. The van der Waals surface area contributed by atoms with Crippen LogP contribution in [0.3, 0.4) is 0 Å². The zero-order valence-electron chi connectivity index (χ0n) is 17.8. The maximum atomic E-state index is 13.4. The van der Waals surface area contributed by atoms with Gasteiger partial charge in [0.05, 0.1) is 13.1 Å². The third kappa shape index (κ3) is 7.50. The zero-order chi connectivity index (χ0) is 21.3. The highest BCUT2D eigenvalue weighted by atomic mass is 127. The first-order chi connectivity index (χ1) is 14.5. The summed E-state index contributed by atoms with van der Waals surface area (Å²) in [6, 6.07) is 18.4. The first-order valence-electron chi connectivity index (χ1n) is 10.1. The third-order valence-electron chi connectivity index (χ3n) is 4.72. The van der Waals surface area contributed by atoms with Crippen LogP contribution in [0, 0.1) is 12.7 Å². The number of pyridine rings is 1. The second kappa shape index (κ2) is 12.2. The number of benzene rings is 2. The molecule has 2 aromatic carbocycles. The Bertz CT molecular complexity index is 1060. The van der Waals surface area contributed by atoms with Gasteiger partial charge in [-0.25, -0.2) is 9.38 Å². The molecule has 164 valence electrons. The lowest BCUT2D eigenvalue weighted by Crippen LogP contribution is -2.36. The van der Waals surface area contributed by atoms with Gasteiger partial charge in [0.1, 0.15) is 5.82 Å². The summed E-state index contributed by atoms with van der Waals surface area (Å²) in [5.41, 5.74) is 3.76. The van der Waals surface area contributed by atoms with Crippen molar-refractivity contribution in [1.29, 1.82) is 0 Å². The number of hydrogen-bond donors (Lipinski definition) is 2. The van der Waals surface area contributed by atoms with Gasteiger partial charge >= 0.3 is 0 Å². The average Bonchev–Trinajstić information content (AvgIpc) is 2.75. The molecule has 0 bridgehead atoms. The second-order valence-corrected chi connectivity index (χ2v) is 7.12. The molecule has 0 aliphatic rings. The van der Waals surface area contributed by atoms with E-state index in [9.17, 15) is 9.18 Å². The molecule has 0 aliphatic carbocycles. The van der Waals surface area contributed by atoms with Gasteiger partial charge in [-0.15, -0.1) is 24.0 Å². The monoisotopic (exact) mass is 534 g/mol. The molecule has 31 heavy (non-hydrogen) atoms. The van der Waals surface area contributed by atoms with Crippen molar-refractivity contribution in [3.63, 3.8) is 0 Å². The van der Waals surface area contributed by atoms with Gasteiger partial charge in [-0.3, -0.25) is 4.79 Å². The summed E-state index contributed by atoms with van der Waals surface area (Å²) in [5, 5.41) is 6.55. The largest absolute Gasteiger partial charge is 0.357 e. The van der Waals surface area contributed by atoms with Crippen molar-refractivity contribution in [2.45, 2.75) is 33.5 Å². The van der Waals surface area contributed by atoms with Crippen molar-refractivity contribution in [2.24, 2.45) is 4.99 Å². The fourth-order valence-corrected chi connectivity index (χ4v) is 3.05. The molecule has 0 aliphatic heterocycles. The van der Waals surface area contributed by atoms with Crippen LogP contribution in [-0.2, 0) is 19.6 Å². The molecule has 3 rings (SSSR count). The molecular formula is C24H28FIN4O. The summed E-state index contributed by atoms with van der Waals surface area (Å²) in [7, 11) is 0. The summed E-state index contributed by atoms with van der Waals surface area (Å²) in [5.74, 6) is 0.507. The Morgan fingerprint density at radius 3 is 2.39 bits per heavy atom. The minimum absolute atomic E-state index is 0. The second-order valence-electron chi connectivity index (χ2n) is 7.12. The van der Waals surface area contributed by atoms with Crippen LogP contribution in [0.4, 0.5) is 4.39 Å². The van der Waals surface area contributed by atoms with Gasteiger partial charge in [0.2, 0.25) is 0 Å². The van der Waals surface area contributed by atoms with Crippen molar-refractivity contribution in [3.8, 4) is 0 Å². The lowest BCUT2D eigenvalue weighted by Gasteiger charge is -2.12. The van der Waals surface area contributed by atoms with E-state index in [0.29, 0.717) is 31.2 Å². The van der Waals surface area contributed by atoms with E-state index in [1.165, 1.54) is 6.07 Å². The highest BCUT2D eigenvalue weighted by Gasteiger charge is 2.02. The highest BCUT2D eigenvalue weighted by molar-refractivity contribution is 14.0. The Labute approximate surface area is 199 Å². The maximum Gasteiger partial charge on any atom is 0.250 e. The van der Waals surface area contributed by atoms with Gasteiger partial charge in [0.25, 0.3) is 5.56 Å². The molecule has 0 spiro atoms. The fraction of sp³-hybridized carbons (Fsp3) is 0.250. The molecule has 2 N–H and O–H groups in total. The van der Waals surface area contributed by atoms with E-state index in [4.69, 9.17) is 0 Å². The molecule has 0 unspecified atom stereocenters. The van der Waals surface area contributed by atoms with Gasteiger partial charge in [-0.2, -0.15) is 0 Å².